The molecule has 0 spiro atoms. The van der Waals surface area contributed by atoms with Crippen LogP contribution >= 0.6 is 0 Å². The van der Waals surface area contributed by atoms with Gasteiger partial charge in [0.2, 0.25) is 0 Å². The Hall–Kier alpha value is -1.65. The highest BCUT2D eigenvalue weighted by Gasteiger charge is 2.09. The first-order valence-electron chi connectivity index (χ1n) is 4.36. The van der Waals surface area contributed by atoms with Crippen molar-refractivity contribution in [3.8, 4) is 5.75 Å². The Morgan fingerprint density at radius 2 is 2.20 bits per heavy atom. The molecule has 3 nitrogen and oxygen atoms in total. The summed E-state index contributed by atoms with van der Waals surface area (Å²) in [5.41, 5.74) is 0.783. The number of phenolic OH excluding ortho intramolecular Hbond substituents is 1. The summed E-state index contributed by atoms with van der Waals surface area (Å²) in [4.78, 5) is 11.3. The van der Waals surface area contributed by atoms with Gasteiger partial charge in [-0.15, -0.1) is 0 Å². The summed E-state index contributed by atoms with van der Waals surface area (Å²) in [6.45, 7) is 0.956. The Morgan fingerprint density at radius 3 is 2.73 bits per heavy atom. The summed E-state index contributed by atoms with van der Waals surface area (Å²) in [6, 6.07) is 4.17. The molecule has 0 aliphatic heterocycles. The molecule has 0 unspecified atom stereocenters. The molecule has 15 heavy (non-hydrogen) atoms. The van der Waals surface area contributed by atoms with Gasteiger partial charge in [-0.25, -0.2) is 8.78 Å². The van der Waals surface area contributed by atoms with E-state index in [0.717, 1.165) is 0 Å². The number of aromatic hydroxyl groups is 1. The molecule has 1 rings (SSSR count). The van der Waals surface area contributed by atoms with Gasteiger partial charge in [-0.05, 0) is 30.7 Å². The van der Waals surface area contributed by atoms with Crippen LogP contribution in [0.4, 0.5) is 8.78 Å². The molecule has 0 fully saturated rings. The number of amides is 1. The molecule has 0 bridgehead atoms. The average Bonchev–Trinajstić information content (AvgIpc) is 2.18. The van der Waals surface area contributed by atoms with Crippen molar-refractivity contribution in [1.29, 1.82) is 0 Å². The smallest absolute Gasteiger partial charge is 0.255 e. The van der Waals surface area contributed by atoms with Crippen LogP contribution in [0.2, 0.25) is 0 Å². The number of aryl methyl sites for hydroxylation is 1. The van der Waals surface area contributed by atoms with Gasteiger partial charge in [0.15, 0.2) is 0 Å². The van der Waals surface area contributed by atoms with Gasteiger partial charge in [0, 0.05) is 5.56 Å². The number of alkyl halides is 2. The minimum Gasteiger partial charge on any atom is -0.508 e. The maximum Gasteiger partial charge on any atom is 0.255 e. The van der Waals surface area contributed by atoms with Gasteiger partial charge >= 0.3 is 0 Å². The van der Waals surface area contributed by atoms with E-state index >= 15 is 0 Å². The van der Waals surface area contributed by atoms with Crippen molar-refractivity contribution >= 4 is 5.91 Å². The zero-order chi connectivity index (χ0) is 11.4. The third kappa shape index (κ3) is 3.19. The van der Waals surface area contributed by atoms with E-state index in [1.165, 1.54) is 18.2 Å². The molecule has 0 atom stereocenters. The standard InChI is InChI=1S/C10H11F2NO2/c1-6-4-7(2-3-8(6)14)10(15)13-5-9(11)12/h2-4,9,14H,5H2,1H3,(H,13,15). The molecule has 82 valence electrons. The molecule has 2 N–H and O–H groups in total. The number of hydrogen-bond acceptors (Lipinski definition) is 2. The van der Waals surface area contributed by atoms with Crippen molar-refractivity contribution in [3.63, 3.8) is 0 Å². The fourth-order valence-electron chi connectivity index (χ4n) is 1.07. The Morgan fingerprint density at radius 1 is 1.53 bits per heavy atom. The van der Waals surface area contributed by atoms with Gasteiger partial charge in [-0.2, -0.15) is 0 Å². The number of benzene rings is 1. The van der Waals surface area contributed by atoms with Gasteiger partial charge in [-0.3, -0.25) is 4.79 Å². The van der Waals surface area contributed by atoms with E-state index in [4.69, 9.17) is 0 Å². The number of hydrogen-bond donors (Lipinski definition) is 2. The molecule has 0 aromatic heterocycles. The Labute approximate surface area is 85.7 Å². The molecule has 0 aliphatic carbocycles. The number of carbonyl (C=O) groups excluding carboxylic acids is 1. The van der Waals surface area contributed by atoms with E-state index < -0.39 is 18.9 Å². The summed E-state index contributed by atoms with van der Waals surface area (Å²) >= 11 is 0. The molecular weight excluding hydrogens is 204 g/mol. The molecule has 5 heteroatoms. The average molecular weight is 215 g/mol. The number of phenols is 1. The summed E-state index contributed by atoms with van der Waals surface area (Å²) in [6.07, 6.45) is -2.56. The molecule has 0 aliphatic rings. The van der Waals surface area contributed by atoms with Crippen LogP contribution in [0.15, 0.2) is 18.2 Å². The van der Waals surface area contributed by atoms with Crippen LogP contribution in [0.3, 0.4) is 0 Å². The summed E-state index contributed by atoms with van der Waals surface area (Å²) < 4.78 is 23.6. The Kier molecular flexibility index (Phi) is 3.60. The fourth-order valence-corrected chi connectivity index (χ4v) is 1.07. The van der Waals surface area contributed by atoms with Crippen LogP contribution in [0.25, 0.3) is 0 Å². The van der Waals surface area contributed by atoms with Crippen molar-refractivity contribution in [1.82, 2.24) is 5.32 Å². The topological polar surface area (TPSA) is 49.3 Å². The van der Waals surface area contributed by atoms with Crippen LogP contribution < -0.4 is 5.32 Å². The number of nitrogens with one attached hydrogen (secondary N) is 1. The molecule has 0 saturated heterocycles. The minimum atomic E-state index is -2.56. The molecule has 0 radical (unpaired) electrons. The van der Waals surface area contributed by atoms with Gasteiger partial charge in [0.05, 0.1) is 6.54 Å². The maximum atomic E-state index is 11.8. The van der Waals surface area contributed by atoms with E-state index in [9.17, 15) is 18.7 Å². The lowest BCUT2D eigenvalue weighted by Crippen LogP contribution is -2.28. The van der Waals surface area contributed by atoms with Gasteiger partial charge in [0.1, 0.15) is 5.75 Å². The molecule has 1 aromatic carbocycles. The molecule has 0 heterocycles. The van der Waals surface area contributed by atoms with Crippen LogP contribution in [0.1, 0.15) is 15.9 Å². The predicted molar refractivity (Wildman–Crippen MR) is 51.2 cm³/mol. The lowest BCUT2D eigenvalue weighted by Gasteiger charge is -2.05. The van der Waals surface area contributed by atoms with Crippen molar-refractivity contribution in [2.45, 2.75) is 13.3 Å². The van der Waals surface area contributed by atoms with Crippen LogP contribution in [0.5, 0.6) is 5.75 Å². The first-order valence-corrected chi connectivity index (χ1v) is 4.36. The lowest BCUT2D eigenvalue weighted by atomic mass is 10.1. The zero-order valence-electron chi connectivity index (χ0n) is 8.13. The van der Waals surface area contributed by atoms with Crippen molar-refractivity contribution in [2.75, 3.05) is 6.54 Å². The van der Waals surface area contributed by atoms with Gasteiger partial charge < -0.3 is 10.4 Å². The van der Waals surface area contributed by atoms with E-state index in [1.807, 2.05) is 0 Å². The molecule has 1 amide bonds. The Bertz CT molecular complexity index is 366. The third-order valence-corrected chi connectivity index (χ3v) is 1.88. The first-order chi connectivity index (χ1) is 7.00. The normalized spacial score (nSPS) is 10.4. The van der Waals surface area contributed by atoms with Crippen molar-refractivity contribution in [3.05, 3.63) is 29.3 Å². The maximum absolute atomic E-state index is 11.8. The quantitative estimate of drug-likeness (QED) is 0.806. The summed E-state index contributed by atoms with van der Waals surface area (Å²) in [5.74, 6) is -0.501. The summed E-state index contributed by atoms with van der Waals surface area (Å²) in [7, 11) is 0. The second kappa shape index (κ2) is 4.72. The van der Waals surface area contributed by atoms with Crippen LogP contribution in [-0.2, 0) is 0 Å². The monoisotopic (exact) mass is 215 g/mol. The van der Waals surface area contributed by atoms with E-state index in [-0.39, 0.29) is 11.3 Å². The predicted octanol–water partition coefficient (Wildman–Crippen LogP) is 1.70. The highest BCUT2D eigenvalue weighted by Crippen LogP contribution is 2.16. The van der Waals surface area contributed by atoms with Gasteiger partial charge in [0.25, 0.3) is 12.3 Å². The SMILES string of the molecule is Cc1cc(C(=O)NCC(F)F)ccc1O. The number of halogens is 2. The second-order valence-corrected chi connectivity index (χ2v) is 3.10. The zero-order valence-corrected chi connectivity index (χ0v) is 8.13. The van der Waals surface area contributed by atoms with E-state index in [2.05, 4.69) is 5.32 Å². The molecule has 0 saturated carbocycles. The summed E-state index contributed by atoms with van der Waals surface area (Å²) in [5, 5.41) is 11.3. The largest absolute Gasteiger partial charge is 0.508 e. The fraction of sp³-hybridized carbons (Fsp3) is 0.300. The van der Waals surface area contributed by atoms with Gasteiger partial charge in [-0.1, -0.05) is 0 Å². The minimum absolute atomic E-state index is 0.0698. The van der Waals surface area contributed by atoms with Crippen molar-refractivity contribution < 1.29 is 18.7 Å². The van der Waals surface area contributed by atoms with E-state index in [1.54, 1.807) is 6.92 Å². The number of carbonyl (C=O) groups is 1. The van der Waals surface area contributed by atoms with Crippen LogP contribution in [-0.4, -0.2) is 24.0 Å². The molecular formula is C10H11F2NO2. The van der Waals surface area contributed by atoms with Crippen LogP contribution in [0, 0.1) is 6.92 Å². The highest BCUT2D eigenvalue weighted by molar-refractivity contribution is 5.94. The second-order valence-electron chi connectivity index (χ2n) is 3.10. The number of rotatable bonds is 3. The van der Waals surface area contributed by atoms with E-state index in [0.29, 0.717) is 5.56 Å². The highest BCUT2D eigenvalue weighted by atomic mass is 19.3. The van der Waals surface area contributed by atoms with Crippen molar-refractivity contribution in [2.24, 2.45) is 0 Å². The first kappa shape index (κ1) is 11.4. The Balaban J connectivity index is 2.70. The third-order valence-electron chi connectivity index (χ3n) is 1.88. The molecule has 1 aromatic rings. The lowest BCUT2D eigenvalue weighted by molar-refractivity contribution is 0.0891.